The van der Waals surface area contributed by atoms with Crippen LogP contribution >= 0.6 is 0 Å². The molecule has 100 valence electrons. The van der Waals surface area contributed by atoms with Gasteiger partial charge in [-0.3, -0.25) is 4.79 Å². The van der Waals surface area contributed by atoms with Crippen LogP contribution in [0, 0.1) is 0 Å². The van der Waals surface area contributed by atoms with E-state index in [-0.39, 0.29) is 18.6 Å². The maximum Gasteiger partial charge on any atom is 0.254 e. The molecule has 1 aromatic carbocycles. The summed E-state index contributed by atoms with van der Waals surface area (Å²) in [6.45, 7) is 4.69. The number of methoxy groups -OCH3 is 1. The Hall–Kier alpha value is -1.39. The Balaban J connectivity index is 2.90. The second-order valence-corrected chi connectivity index (χ2v) is 4.45. The largest absolute Gasteiger partial charge is 0.395 e. The predicted octanol–water partition coefficient (Wildman–Crippen LogP) is 1.68. The average molecular weight is 251 g/mol. The number of ether oxygens (including phenoxy) is 1. The van der Waals surface area contributed by atoms with Crippen molar-refractivity contribution in [3.05, 3.63) is 35.4 Å². The lowest BCUT2D eigenvalue weighted by Gasteiger charge is -2.26. The first kappa shape index (κ1) is 14.7. The van der Waals surface area contributed by atoms with E-state index in [1.54, 1.807) is 18.1 Å². The van der Waals surface area contributed by atoms with Crippen LogP contribution in [0.5, 0.6) is 0 Å². The van der Waals surface area contributed by atoms with Gasteiger partial charge in [0.1, 0.15) is 0 Å². The Morgan fingerprint density at radius 3 is 2.72 bits per heavy atom. The first-order chi connectivity index (χ1) is 8.60. The van der Waals surface area contributed by atoms with Crippen molar-refractivity contribution in [3.63, 3.8) is 0 Å². The molecule has 1 amide bonds. The van der Waals surface area contributed by atoms with Gasteiger partial charge in [-0.1, -0.05) is 12.1 Å². The molecule has 0 saturated carbocycles. The number of carbonyl (C=O) groups excluding carboxylic acids is 1. The molecule has 1 N–H and O–H groups in total. The Bertz CT molecular complexity index is 390. The molecule has 0 aliphatic rings. The molecule has 0 radical (unpaired) electrons. The van der Waals surface area contributed by atoms with Gasteiger partial charge in [-0.2, -0.15) is 0 Å². The number of aliphatic hydroxyl groups is 1. The van der Waals surface area contributed by atoms with Gasteiger partial charge in [0.25, 0.3) is 5.91 Å². The van der Waals surface area contributed by atoms with Gasteiger partial charge in [0, 0.05) is 25.3 Å². The highest BCUT2D eigenvalue weighted by molar-refractivity contribution is 5.94. The fourth-order valence-electron chi connectivity index (χ4n) is 1.83. The van der Waals surface area contributed by atoms with Gasteiger partial charge in [-0.25, -0.2) is 0 Å². The van der Waals surface area contributed by atoms with Crippen LogP contribution in [0.2, 0.25) is 0 Å². The normalized spacial score (nSPS) is 10.7. The fourth-order valence-corrected chi connectivity index (χ4v) is 1.83. The molecule has 18 heavy (non-hydrogen) atoms. The van der Waals surface area contributed by atoms with Gasteiger partial charge in [0.2, 0.25) is 0 Å². The number of hydrogen-bond donors (Lipinski definition) is 1. The lowest BCUT2D eigenvalue weighted by molar-refractivity contribution is 0.0665. The maximum atomic E-state index is 12.3. The number of amides is 1. The molecular formula is C14H21NO3. The molecule has 0 heterocycles. The molecule has 0 unspecified atom stereocenters. The summed E-state index contributed by atoms with van der Waals surface area (Å²) in [5, 5.41) is 9.01. The average Bonchev–Trinajstić information content (AvgIpc) is 2.35. The van der Waals surface area contributed by atoms with Gasteiger partial charge in [0.05, 0.1) is 13.2 Å². The molecule has 0 spiro atoms. The van der Waals surface area contributed by atoms with E-state index < -0.39 is 0 Å². The van der Waals surface area contributed by atoms with E-state index in [0.29, 0.717) is 18.7 Å². The van der Waals surface area contributed by atoms with E-state index in [0.717, 1.165) is 5.56 Å². The highest BCUT2D eigenvalue weighted by Gasteiger charge is 2.18. The minimum atomic E-state index is -0.0583. The summed E-state index contributed by atoms with van der Waals surface area (Å²) in [7, 11) is 1.63. The van der Waals surface area contributed by atoms with E-state index in [9.17, 15) is 4.79 Å². The third-order valence-electron chi connectivity index (χ3n) is 2.71. The fraction of sp³-hybridized carbons (Fsp3) is 0.500. The van der Waals surface area contributed by atoms with Crippen molar-refractivity contribution >= 4 is 5.91 Å². The lowest BCUT2D eigenvalue weighted by Crippen LogP contribution is -2.39. The molecule has 1 rings (SSSR count). The standard InChI is InChI=1S/C14H21NO3/c1-11(2)15(7-8-16)14(17)13-6-4-5-12(9-13)10-18-3/h4-6,9,11,16H,7-8,10H2,1-3H3. The van der Waals surface area contributed by atoms with Crippen LogP contribution in [-0.4, -0.2) is 42.2 Å². The Morgan fingerprint density at radius 1 is 1.44 bits per heavy atom. The van der Waals surface area contributed by atoms with Crippen LogP contribution in [0.4, 0.5) is 0 Å². The van der Waals surface area contributed by atoms with Gasteiger partial charge in [-0.15, -0.1) is 0 Å². The summed E-state index contributed by atoms with van der Waals surface area (Å²) in [5.41, 5.74) is 1.60. The van der Waals surface area contributed by atoms with Crippen molar-refractivity contribution in [3.8, 4) is 0 Å². The van der Waals surface area contributed by atoms with Crippen molar-refractivity contribution in [2.75, 3.05) is 20.3 Å². The smallest absolute Gasteiger partial charge is 0.254 e. The first-order valence-corrected chi connectivity index (χ1v) is 6.09. The van der Waals surface area contributed by atoms with Crippen LogP contribution in [0.25, 0.3) is 0 Å². The number of nitrogens with zero attached hydrogens (tertiary/aromatic N) is 1. The first-order valence-electron chi connectivity index (χ1n) is 6.09. The SMILES string of the molecule is COCc1cccc(C(=O)N(CCO)C(C)C)c1. The summed E-state index contributed by atoms with van der Waals surface area (Å²) in [6, 6.07) is 7.45. The van der Waals surface area contributed by atoms with Crippen molar-refractivity contribution in [1.29, 1.82) is 0 Å². The van der Waals surface area contributed by atoms with Crippen LogP contribution < -0.4 is 0 Å². The van der Waals surface area contributed by atoms with Gasteiger partial charge in [-0.05, 0) is 31.5 Å². The second-order valence-electron chi connectivity index (χ2n) is 4.45. The van der Waals surface area contributed by atoms with Crippen LogP contribution in [-0.2, 0) is 11.3 Å². The van der Waals surface area contributed by atoms with E-state index in [1.165, 1.54) is 0 Å². The quantitative estimate of drug-likeness (QED) is 0.836. The molecule has 4 nitrogen and oxygen atoms in total. The topological polar surface area (TPSA) is 49.8 Å². The van der Waals surface area contributed by atoms with E-state index in [2.05, 4.69) is 0 Å². The van der Waals surface area contributed by atoms with Crippen LogP contribution in [0.15, 0.2) is 24.3 Å². The van der Waals surface area contributed by atoms with Gasteiger partial charge >= 0.3 is 0 Å². The summed E-state index contributed by atoms with van der Waals surface area (Å²) < 4.78 is 5.05. The zero-order chi connectivity index (χ0) is 13.5. The monoisotopic (exact) mass is 251 g/mol. The molecule has 0 aromatic heterocycles. The number of hydrogen-bond acceptors (Lipinski definition) is 3. The Morgan fingerprint density at radius 2 is 2.17 bits per heavy atom. The molecular weight excluding hydrogens is 230 g/mol. The second kappa shape index (κ2) is 7.13. The van der Waals surface area contributed by atoms with E-state index in [1.807, 2.05) is 32.0 Å². The molecule has 1 aromatic rings. The molecule has 0 aliphatic carbocycles. The van der Waals surface area contributed by atoms with Gasteiger partial charge < -0.3 is 14.7 Å². The van der Waals surface area contributed by atoms with Crippen LogP contribution in [0.3, 0.4) is 0 Å². The third kappa shape index (κ3) is 3.82. The van der Waals surface area contributed by atoms with Crippen molar-refractivity contribution < 1.29 is 14.6 Å². The van der Waals surface area contributed by atoms with Crippen LogP contribution in [0.1, 0.15) is 29.8 Å². The Kier molecular flexibility index (Phi) is 5.82. The highest BCUT2D eigenvalue weighted by atomic mass is 16.5. The lowest BCUT2D eigenvalue weighted by atomic mass is 10.1. The molecule has 0 bridgehead atoms. The zero-order valence-electron chi connectivity index (χ0n) is 11.2. The predicted molar refractivity (Wildman–Crippen MR) is 70.4 cm³/mol. The summed E-state index contributed by atoms with van der Waals surface area (Å²) in [5.74, 6) is -0.0583. The number of benzene rings is 1. The van der Waals surface area contributed by atoms with Crippen molar-refractivity contribution in [1.82, 2.24) is 4.90 Å². The Labute approximate surface area is 108 Å². The molecule has 0 aliphatic heterocycles. The molecule has 0 fully saturated rings. The summed E-state index contributed by atoms with van der Waals surface area (Å²) >= 11 is 0. The minimum absolute atomic E-state index is 0.0261. The number of rotatable bonds is 6. The molecule has 0 saturated heterocycles. The van der Waals surface area contributed by atoms with Crippen molar-refractivity contribution in [2.24, 2.45) is 0 Å². The van der Waals surface area contributed by atoms with E-state index >= 15 is 0 Å². The molecule has 0 atom stereocenters. The summed E-state index contributed by atoms with van der Waals surface area (Å²) in [4.78, 5) is 14.0. The van der Waals surface area contributed by atoms with Crippen molar-refractivity contribution in [2.45, 2.75) is 26.5 Å². The van der Waals surface area contributed by atoms with Gasteiger partial charge in [0.15, 0.2) is 0 Å². The maximum absolute atomic E-state index is 12.3. The zero-order valence-corrected chi connectivity index (χ0v) is 11.2. The van der Waals surface area contributed by atoms with E-state index in [4.69, 9.17) is 9.84 Å². The summed E-state index contributed by atoms with van der Waals surface area (Å²) in [6.07, 6.45) is 0. The molecule has 4 heteroatoms. The number of aliphatic hydroxyl groups excluding tert-OH is 1. The minimum Gasteiger partial charge on any atom is -0.395 e. The third-order valence-corrected chi connectivity index (χ3v) is 2.71. The highest BCUT2D eigenvalue weighted by Crippen LogP contribution is 2.11. The number of carbonyl (C=O) groups is 1.